The van der Waals surface area contributed by atoms with E-state index in [4.69, 9.17) is 0 Å². The molecule has 1 amide bonds. The molecule has 0 aliphatic carbocycles. The lowest BCUT2D eigenvalue weighted by molar-refractivity contribution is -0.385. The summed E-state index contributed by atoms with van der Waals surface area (Å²) in [4.78, 5) is 21.6. The Morgan fingerprint density at radius 2 is 1.78 bits per heavy atom. The van der Waals surface area contributed by atoms with E-state index >= 15 is 0 Å². The number of hydrogen-bond acceptors (Lipinski definition) is 4. The fraction of sp³-hybridized carbons (Fsp3) is 0.133. The number of halogens is 2. The topological polar surface area (TPSA) is 84.3 Å². The predicted octanol–water partition coefficient (Wildman–Crippen LogP) is 3.44. The molecule has 0 fully saturated rings. The number of nitrogens with one attached hydrogen (secondary N) is 2. The lowest BCUT2D eigenvalue weighted by Gasteiger charge is -2.13. The van der Waals surface area contributed by atoms with Gasteiger partial charge in [-0.1, -0.05) is 18.2 Å². The second kappa shape index (κ2) is 6.82. The summed E-state index contributed by atoms with van der Waals surface area (Å²) in [6.45, 7) is 1.24. The molecule has 2 N–H and O–H groups in total. The van der Waals surface area contributed by atoms with E-state index in [1.807, 2.05) is 0 Å². The summed E-state index contributed by atoms with van der Waals surface area (Å²) in [5.74, 6) is -2.65. The molecule has 2 aromatic rings. The molecule has 0 bridgehead atoms. The van der Waals surface area contributed by atoms with E-state index in [0.29, 0.717) is 5.56 Å². The van der Waals surface area contributed by atoms with Gasteiger partial charge in [0.15, 0.2) is 11.6 Å². The first-order chi connectivity index (χ1) is 10.9. The number of hydrogen-bond donors (Lipinski definition) is 2. The molecule has 0 saturated heterocycles. The molecule has 8 heteroatoms. The molecule has 6 nitrogen and oxygen atoms in total. The number of anilines is 2. The minimum Gasteiger partial charge on any atom is -0.379 e. The van der Waals surface area contributed by atoms with Crippen molar-refractivity contribution in [1.82, 2.24) is 0 Å². The zero-order valence-electron chi connectivity index (χ0n) is 12.1. The molecule has 23 heavy (non-hydrogen) atoms. The zero-order valence-corrected chi connectivity index (χ0v) is 12.1. The Morgan fingerprint density at radius 3 is 2.39 bits per heavy atom. The molecule has 0 radical (unpaired) electrons. The summed E-state index contributed by atoms with van der Waals surface area (Å²) < 4.78 is 26.7. The van der Waals surface area contributed by atoms with Crippen LogP contribution in [-0.4, -0.2) is 10.8 Å². The van der Waals surface area contributed by atoms with E-state index in [1.165, 1.54) is 19.1 Å². The number of para-hydroxylation sites is 1. The summed E-state index contributed by atoms with van der Waals surface area (Å²) in [5, 5.41) is 16.1. The Labute approximate surface area is 130 Å². The van der Waals surface area contributed by atoms with Crippen LogP contribution in [0.3, 0.4) is 0 Å². The van der Waals surface area contributed by atoms with Crippen molar-refractivity contribution in [2.75, 3.05) is 10.6 Å². The van der Waals surface area contributed by atoms with Crippen molar-refractivity contribution in [1.29, 1.82) is 0 Å². The van der Waals surface area contributed by atoms with Crippen LogP contribution in [0.4, 0.5) is 25.8 Å². The Kier molecular flexibility index (Phi) is 4.85. The molecule has 120 valence electrons. The number of nitro groups is 1. The van der Waals surface area contributed by atoms with E-state index in [2.05, 4.69) is 10.6 Å². The monoisotopic (exact) mass is 321 g/mol. The lowest BCUT2D eigenvalue weighted by atomic mass is 10.1. The zero-order chi connectivity index (χ0) is 17.0. The third-order valence-electron chi connectivity index (χ3n) is 3.03. The van der Waals surface area contributed by atoms with Gasteiger partial charge in [0, 0.05) is 37.2 Å². The molecule has 0 aliphatic rings. The molecule has 0 spiro atoms. The van der Waals surface area contributed by atoms with Gasteiger partial charge in [-0.25, -0.2) is 8.78 Å². The highest BCUT2D eigenvalue weighted by molar-refractivity contribution is 5.92. The van der Waals surface area contributed by atoms with Crippen LogP contribution >= 0.6 is 0 Å². The fourth-order valence-electron chi connectivity index (χ4n) is 2.02. The van der Waals surface area contributed by atoms with Crippen LogP contribution in [0.25, 0.3) is 0 Å². The van der Waals surface area contributed by atoms with Gasteiger partial charge in [-0.05, 0) is 0 Å². The average molecular weight is 321 g/mol. The summed E-state index contributed by atoms with van der Waals surface area (Å²) in [6.07, 6.45) is 0. The second-order valence-electron chi connectivity index (χ2n) is 4.73. The first kappa shape index (κ1) is 16.3. The number of amides is 1. The molecule has 0 saturated carbocycles. The second-order valence-corrected chi connectivity index (χ2v) is 4.73. The normalized spacial score (nSPS) is 10.2. The molecule has 0 aromatic heterocycles. The summed E-state index contributed by atoms with van der Waals surface area (Å²) in [6, 6.07) is 7.78. The predicted molar refractivity (Wildman–Crippen MR) is 81.1 cm³/mol. The first-order valence-electron chi connectivity index (χ1n) is 6.61. The van der Waals surface area contributed by atoms with Crippen LogP contribution < -0.4 is 10.6 Å². The van der Waals surface area contributed by atoms with Gasteiger partial charge in [0.1, 0.15) is 0 Å². The highest BCUT2D eigenvalue weighted by Crippen LogP contribution is 2.27. The van der Waals surface area contributed by atoms with Crippen molar-refractivity contribution in [3.05, 3.63) is 63.7 Å². The van der Waals surface area contributed by atoms with Crippen molar-refractivity contribution >= 4 is 23.0 Å². The van der Waals surface area contributed by atoms with E-state index < -0.39 is 22.5 Å². The lowest BCUT2D eigenvalue weighted by Crippen LogP contribution is -2.11. The van der Waals surface area contributed by atoms with Crippen LogP contribution in [0.1, 0.15) is 12.5 Å². The van der Waals surface area contributed by atoms with Crippen molar-refractivity contribution < 1.29 is 18.5 Å². The van der Waals surface area contributed by atoms with Gasteiger partial charge in [0.05, 0.1) is 16.3 Å². The Hall–Kier alpha value is -3.03. The van der Waals surface area contributed by atoms with Gasteiger partial charge >= 0.3 is 0 Å². The van der Waals surface area contributed by atoms with E-state index in [0.717, 1.165) is 12.1 Å². The average Bonchev–Trinajstić information content (AvgIpc) is 2.49. The molecule has 0 unspecified atom stereocenters. The molecule has 2 aromatic carbocycles. The molecular formula is C15H13F2N3O3. The van der Waals surface area contributed by atoms with Gasteiger partial charge in [-0.3, -0.25) is 14.9 Å². The van der Waals surface area contributed by atoms with E-state index in [1.54, 1.807) is 12.1 Å². The molecule has 0 heterocycles. The van der Waals surface area contributed by atoms with Crippen LogP contribution in [0.2, 0.25) is 0 Å². The van der Waals surface area contributed by atoms with Crippen molar-refractivity contribution in [2.24, 2.45) is 0 Å². The van der Waals surface area contributed by atoms with E-state index in [-0.39, 0.29) is 23.6 Å². The smallest absolute Gasteiger partial charge is 0.274 e. The molecular weight excluding hydrogens is 308 g/mol. The molecule has 0 aliphatic heterocycles. The summed E-state index contributed by atoms with van der Waals surface area (Å²) >= 11 is 0. The first-order valence-corrected chi connectivity index (χ1v) is 6.61. The maximum atomic E-state index is 13.4. The minimum atomic E-state index is -1.11. The fourth-order valence-corrected chi connectivity index (χ4v) is 2.02. The number of nitrogens with zero attached hydrogens (tertiary/aromatic N) is 1. The Morgan fingerprint density at radius 1 is 1.17 bits per heavy atom. The van der Waals surface area contributed by atoms with E-state index in [9.17, 15) is 23.7 Å². The van der Waals surface area contributed by atoms with Gasteiger partial charge in [-0.2, -0.15) is 0 Å². The highest BCUT2D eigenvalue weighted by Gasteiger charge is 2.14. The number of rotatable bonds is 5. The number of benzene rings is 2. The summed E-state index contributed by atoms with van der Waals surface area (Å²) in [7, 11) is 0. The van der Waals surface area contributed by atoms with Crippen LogP contribution in [-0.2, 0) is 11.3 Å². The summed E-state index contributed by atoms with van der Waals surface area (Å²) in [5.41, 5.74) is 0.451. The molecule has 0 atom stereocenters. The maximum Gasteiger partial charge on any atom is 0.274 e. The maximum absolute atomic E-state index is 13.4. The number of carbonyl (C=O) groups excluding carboxylic acids is 1. The van der Waals surface area contributed by atoms with Crippen LogP contribution in [0.15, 0.2) is 36.4 Å². The van der Waals surface area contributed by atoms with Crippen molar-refractivity contribution in [3.63, 3.8) is 0 Å². The van der Waals surface area contributed by atoms with Gasteiger partial charge in [0.2, 0.25) is 5.91 Å². The molecule has 2 rings (SSSR count). The quantitative estimate of drug-likeness (QED) is 0.652. The van der Waals surface area contributed by atoms with Gasteiger partial charge in [-0.15, -0.1) is 0 Å². The highest BCUT2D eigenvalue weighted by atomic mass is 19.2. The standard InChI is InChI=1S/C15H13F2N3O3/c1-9(21)19-14-7-12(17)11(16)6-13(14)18-8-10-4-2-3-5-15(10)20(22)23/h2-7,18H,8H2,1H3,(H,19,21). The van der Waals surface area contributed by atoms with Crippen molar-refractivity contribution in [2.45, 2.75) is 13.5 Å². The van der Waals surface area contributed by atoms with Gasteiger partial charge in [0.25, 0.3) is 5.69 Å². The Bertz CT molecular complexity index is 766. The van der Waals surface area contributed by atoms with Crippen LogP contribution in [0.5, 0.6) is 0 Å². The third-order valence-corrected chi connectivity index (χ3v) is 3.03. The van der Waals surface area contributed by atoms with Crippen molar-refractivity contribution in [3.8, 4) is 0 Å². The van der Waals surface area contributed by atoms with Crippen LogP contribution in [0, 0.1) is 21.7 Å². The SMILES string of the molecule is CC(=O)Nc1cc(F)c(F)cc1NCc1ccccc1[N+](=O)[O-]. The third kappa shape index (κ3) is 4.00. The number of carbonyl (C=O) groups is 1. The van der Waals surface area contributed by atoms with Gasteiger partial charge < -0.3 is 10.6 Å². The number of nitro benzene ring substituents is 1. The largest absolute Gasteiger partial charge is 0.379 e. The Balaban J connectivity index is 2.28. The minimum absolute atomic E-state index is 0.00874.